The Kier molecular flexibility index (Phi) is 4.93. The molecule has 0 unspecified atom stereocenters. The standard InChI is InChI=1S/C12H18BrN3O/c1-8(2)7-16(4)12(17)10-5-9(13)6-15-11(10)14-3/h5-6,8H,7H2,1-4H3,(H,14,15). The predicted octanol–water partition coefficient (Wildman–Crippen LogP) is 2.61. The smallest absolute Gasteiger partial charge is 0.257 e. The molecule has 0 spiro atoms. The second-order valence-electron chi connectivity index (χ2n) is 4.38. The molecule has 0 fully saturated rings. The average Bonchev–Trinajstić information content (AvgIpc) is 2.27. The number of amides is 1. The molecule has 1 aromatic rings. The maximum absolute atomic E-state index is 12.2. The first kappa shape index (κ1) is 14.0. The molecular weight excluding hydrogens is 282 g/mol. The van der Waals surface area contributed by atoms with Crippen LogP contribution < -0.4 is 5.32 Å². The van der Waals surface area contributed by atoms with Crippen molar-refractivity contribution in [1.82, 2.24) is 9.88 Å². The lowest BCUT2D eigenvalue weighted by molar-refractivity contribution is 0.0779. The number of pyridine rings is 1. The molecule has 1 aromatic heterocycles. The number of hydrogen-bond acceptors (Lipinski definition) is 3. The minimum Gasteiger partial charge on any atom is -0.372 e. The zero-order valence-electron chi connectivity index (χ0n) is 10.6. The van der Waals surface area contributed by atoms with E-state index in [1.165, 1.54) is 0 Å². The zero-order valence-corrected chi connectivity index (χ0v) is 12.2. The molecule has 1 N–H and O–H groups in total. The van der Waals surface area contributed by atoms with Crippen LogP contribution in [0, 0.1) is 5.92 Å². The van der Waals surface area contributed by atoms with Crippen molar-refractivity contribution in [2.75, 3.05) is 26.0 Å². The molecule has 94 valence electrons. The third-order valence-corrected chi connectivity index (χ3v) is 2.74. The Labute approximate surface area is 111 Å². The molecule has 0 aliphatic rings. The highest BCUT2D eigenvalue weighted by Gasteiger charge is 2.17. The van der Waals surface area contributed by atoms with Gasteiger partial charge < -0.3 is 10.2 Å². The van der Waals surface area contributed by atoms with Crippen LogP contribution in [0.25, 0.3) is 0 Å². The predicted molar refractivity (Wildman–Crippen MR) is 73.3 cm³/mol. The van der Waals surface area contributed by atoms with Crippen molar-refractivity contribution >= 4 is 27.7 Å². The van der Waals surface area contributed by atoms with Gasteiger partial charge in [0.15, 0.2) is 0 Å². The number of hydrogen-bond donors (Lipinski definition) is 1. The van der Waals surface area contributed by atoms with Gasteiger partial charge in [0.05, 0.1) is 5.56 Å². The van der Waals surface area contributed by atoms with Gasteiger partial charge in [0.2, 0.25) is 0 Å². The fourth-order valence-corrected chi connectivity index (χ4v) is 1.97. The van der Waals surface area contributed by atoms with E-state index < -0.39 is 0 Å². The van der Waals surface area contributed by atoms with Crippen LogP contribution in [-0.4, -0.2) is 36.4 Å². The Balaban J connectivity index is 2.98. The van der Waals surface area contributed by atoms with Crippen molar-refractivity contribution in [1.29, 1.82) is 0 Å². The Bertz CT molecular complexity index is 407. The van der Waals surface area contributed by atoms with Crippen LogP contribution >= 0.6 is 15.9 Å². The molecule has 1 rings (SSSR count). The molecule has 5 heteroatoms. The van der Waals surface area contributed by atoms with Gasteiger partial charge in [-0.05, 0) is 27.9 Å². The van der Waals surface area contributed by atoms with Crippen LogP contribution in [-0.2, 0) is 0 Å². The van der Waals surface area contributed by atoms with Crippen LogP contribution in [0.5, 0.6) is 0 Å². The number of halogens is 1. The fourth-order valence-electron chi connectivity index (χ4n) is 1.64. The highest BCUT2D eigenvalue weighted by molar-refractivity contribution is 9.10. The summed E-state index contributed by atoms with van der Waals surface area (Å²) < 4.78 is 0.804. The molecule has 17 heavy (non-hydrogen) atoms. The number of anilines is 1. The number of nitrogens with zero attached hydrogens (tertiary/aromatic N) is 2. The highest BCUT2D eigenvalue weighted by atomic mass is 79.9. The molecule has 1 heterocycles. The lowest BCUT2D eigenvalue weighted by Crippen LogP contribution is -2.31. The topological polar surface area (TPSA) is 45.2 Å². The van der Waals surface area contributed by atoms with Gasteiger partial charge >= 0.3 is 0 Å². The summed E-state index contributed by atoms with van der Waals surface area (Å²) in [5, 5.41) is 2.93. The number of carbonyl (C=O) groups excluding carboxylic acids is 1. The first-order valence-corrected chi connectivity index (χ1v) is 6.33. The van der Waals surface area contributed by atoms with Crippen molar-refractivity contribution in [3.8, 4) is 0 Å². The van der Waals surface area contributed by atoms with E-state index in [1.54, 1.807) is 24.2 Å². The molecule has 0 saturated heterocycles. The van der Waals surface area contributed by atoms with E-state index in [9.17, 15) is 4.79 Å². The molecule has 0 atom stereocenters. The third kappa shape index (κ3) is 3.70. The summed E-state index contributed by atoms with van der Waals surface area (Å²) in [5.41, 5.74) is 0.588. The van der Waals surface area contributed by atoms with E-state index in [4.69, 9.17) is 0 Å². The summed E-state index contributed by atoms with van der Waals surface area (Å²) in [7, 11) is 3.57. The average molecular weight is 300 g/mol. The lowest BCUT2D eigenvalue weighted by Gasteiger charge is -2.20. The summed E-state index contributed by atoms with van der Waals surface area (Å²) in [6.07, 6.45) is 1.67. The van der Waals surface area contributed by atoms with Gasteiger partial charge in [0, 0.05) is 31.3 Å². The first-order chi connectivity index (χ1) is 7.95. The Hall–Kier alpha value is -1.10. The summed E-state index contributed by atoms with van der Waals surface area (Å²) in [4.78, 5) is 18.1. The molecule has 0 radical (unpaired) electrons. The minimum absolute atomic E-state index is 0.0168. The van der Waals surface area contributed by atoms with E-state index in [-0.39, 0.29) is 5.91 Å². The second-order valence-corrected chi connectivity index (χ2v) is 5.29. The van der Waals surface area contributed by atoms with Crippen LogP contribution in [0.15, 0.2) is 16.7 Å². The van der Waals surface area contributed by atoms with Crippen molar-refractivity contribution in [2.24, 2.45) is 5.92 Å². The van der Waals surface area contributed by atoms with E-state index in [0.717, 1.165) is 11.0 Å². The normalized spacial score (nSPS) is 10.5. The minimum atomic E-state index is -0.0168. The number of aromatic nitrogens is 1. The summed E-state index contributed by atoms with van der Waals surface area (Å²) in [6.45, 7) is 4.90. The van der Waals surface area contributed by atoms with Gasteiger partial charge in [0.25, 0.3) is 5.91 Å². The van der Waals surface area contributed by atoms with E-state index in [1.807, 2.05) is 7.05 Å². The van der Waals surface area contributed by atoms with Gasteiger partial charge in [-0.1, -0.05) is 13.8 Å². The lowest BCUT2D eigenvalue weighted by atomic mass is 10.2. The summed E-state index contributed by atoms with van der Waals surface area (Å²) in [5.74, 6) is 1.03. The molecule has 0 aliphatic heterocycles. The van der Waals surface area contributed by atoms with E-state index in [2.05, 4.69) is 40.1 Å². The van der Waals surface area contributed by atoms with Gasteiger partial charge in [0.1, 0.15) is 5.82 Å². The number of rotatable bonds is 4. The van der Waals surface area contributed by atoms with Gasteiger partial charge in [-0.2, -0.15) is 0 Å². The SMILES string of the molecule is CNc1ncc(Br)cc1C(=O)N(C)CC(C)C. The van der Waals surface area contributed by atoms with E-state index >= 15 is 0 Å². The summed E-state index contributed by atoms with van der Waals surface area (Å²) in [6, 6.07) is 1.79. The van der Waals surface area contributed by atoms with Crippen LogP contribution in [0.2, 0.25) is 0 Å². The fraction of sp³-hybridized carbons (Fsp3) is 0.500. The maximum Gasteiger partial charge on any atom is 0.257 e. The second kappa shape index (κ2) is 6.00. The van der Waals surface area contributed by atoms with Crippen molar-refractivity contribution < 1.29 is 4.79 Å². The monoisotopic (exact) mass is 299 g/mol. The van der Waals surface area contributed by atoms with Crippen molar-refractivity contribution in [3.63, 3.8) is 0 Å². The number of carbonyl (C=O) groups is 1. The zero-order chi connectivity index (χ0) is 13.0. The third-order valence-electron chi connectivity index (χ3n) is 2.31. The van der Waals surface area contributed by atoms with Crippen LogP contribution in [0.4, 0.5) is 5.82 Å². The first-order valence-electron chi connectivity index (χ1n) is 5.54. The van der Waals surface area contributed by atoms with Gasteiger partial charge in [-0.25, -0.2) is 4.98 Å². The molecular formula is C12H18BrN3O. The van der Waals surface area contributed by atoms with Crippen molar-refractivity contribution in [3.05, 3.63) is 22.3 Å². The van der Waals surface area contributed by atoms with Crippen LogP contribution in [0.1, 0.15) is 24.2 Å². The molecule has 0 aromatic carbocycles. The van der Waals surface area contributed by atoms with Crippen LogP contribution in [0.3, 0.4) is 0 Å². The molecule has 1 amide bonds. The quantitative estimate of drug-likeness (QED) is 0.929. The van der Waals surface area contributed by atoms with Gasteiger partial charge in [-0.3, -0.25) is 4.79 Å². The van der Waals surface area contributed by atoms with Gasteiger partial charge in [-0.15, -0.1) is 0 Å². The Morgan fingerprint density at radius 1 is 1.59 bits per heavy atom. The van der Waals surface area contributed by atoms with Crippen molar-refractivity contribution in [2.45, 2.75) is 13.8 Å². The Morgan fingerprint density at radius 2 is 2.24 bits per heavy atom. The largest absolute Gasteiger partial charge is 0.372 e. The molecule has 4 nitrogen and oxygen atoms in total. The molecule has 0 aliphatic carbocycles. The Morgan fingerprint density at radius 3 is 2.76 bits per heavy atom. The molecule has 0 saturated carbocycles. The molecule has 0 bridgehead atoms. The maximum atomic E-state index is 12.2. The summed E-state index contributed by atoms with van der Waals surface area (Å²) >= 11 is 3.33. The van der Waals surface area contributed by atoms with E-state index in [0.29, 0.717) is 17.3 Å². The number of nitrogens with one attached hydrogen (secondary N) is 1. The highest BCUT2D eigenvalue weighted by Crippen LogP contribution is 2.19.